The number of hydrogen-bond acceptors (Lipinski definition) is 1. The van der Waals surface area contributed by atoms with Crippen LogP contribution in [-0.2, 0) is 0 Å². The molecule has 0 aliphatic heterocycles. The zero-order chi connectivity index (χ0) is 9.90. The molecule has 0 radical (unpaired) electrons. The summed E-state index contributed by atoms with van der Waals surface area (Å²) in [4.78, 5) is 0. The van der Waals surface area contributed by atoms with Crippen LogP contribution in [0, 0.1) is 6.92 Å². The zero-order valence-corrected chi connectivity index (χ0v) is 8.41. The number of ether oxygens (including phenoxy) is 1. The summed E-state index contributed by atoms with van der Waals surface area (Å²) in [5.74, 6) is 0.465. The number of benzene rings is 1. The van der Waals surface area contributed by atoms with E-state index < -0.39 is 12.3 Å². The summed E-state index contributed by atoms with van der Waals surface area (Å²) in [6, 6.07) is 6.98. The first kappa shape index (κ1) is 10.4. The van der Waals surface area contributed by atoms with Gasteiger partial charge in [0.1, 0.15) is 5.75 Å². The molecular weight excluding hydrogens is 193 g/mol. The lowest BCUT2D eigenvalue weighted by Gasteiger charge is -2.11. The Kier molecular flexibility index (Phi) is 3.21. The van der Waals surface area contributed by atoms with Crippen molar-refractivity contribution in [3.05, 3.63) is 29.8 Å². The van der Waals surface area contributed by atoms with E-state index in [9.17, 15) is 8.78 Å². The van der Waals surface area contributed by atoms with Gasteiger partial charge in [-0.3, -0.25) is 0 Å². The molecule has 13 heavy (non-hydrogen) atoms. The lowest BCUT2D eigenvalue weighted by atomic mass is 10.2. The fourth-order valence-electron chi connectivity index (χ4n) is 0.814. The minimum atomic E-state index is -2.86. The third kappa shape index (κ3) is 4.18. The van der Waals surface area contributed by atoms with Crippen molar-refractivity contribution in [1.29, 1.82) is 0 Å². The Morgan fingerprint density at radius 3 is 2.31 bits per heavy atom. The topological polar surface area (TPSA) is 9.23 Å². The summed E-state index contributed by atoms with van der Waals surface area (Å²) >= 11 is 0. The molecule has 1 aromatic carbocycles. The van der Waals surface area contributed by atoms with Gasteiger partial charge in [0.2, 0.25) is 0 Å². The first-order valence-corrected chi connectivity index (χ1v) is 4.41. The molecule has 0 fully saturated rings. The zero-order valence-electron chi connectivity index (χ0n) is 7.26. The van der Waals surface area contributed by atoms with E-state index in [-0.39, 0.29) is 0 Å². The van der Waals surface area contributed by atoms with Crippen LogP contribution in [0.3, 0.4) is 0 Å². The quantitative estimate of drug-likeness (QED) is 0.688. The monoisotopic (exact) mass is 204 g/mol. The molecule has 4 heteroatoms. The van der Waals surface area contributed by atoms with E-state index >= 15 is 0 Å². The van der Waals surface area contributed by atoms with Gasteiger partial charge in [0.05, 0.1) is 0 Å². The average molecular weight is 204 g/mol. The van der Waals surface area contributed by atoms with E-state index in [1.807, 2.05) is 19.1 Å². The molecule has 0 saturated heterocycles. The fraction of sp³-hybridized carbons (Fsp3) is 0.333. The molecule has 0 saturated carbocycles. The van der Waals surface area contributed by atoms with Crippen molar-refractivity contribution in [3.8, 4) is 5.75 Å². The molecule has 1 aromatic rings. The lowest BCUT2D eigenvalue weighted by Crippen LogP contribution is -2.17. The van der Waals surface area contributed by atoms with Gasteiger partial charge in [-0.2, -0.15) is 8.78 Å². The van der Waals surface area contributed by atoms with Gasteiger partial charge in [0, 0.05) is 0 Å². The highest BCUT2D eigenvalue weighted by atomic mass is 31.0. The molecule has 1 atom stereocenters. The van der Waals surface area contributed by atoms with Gasteiger partial charge in [0.25, 0.3) is 5.66 Å². The molecule has 1 rings (SSSR count). The van der Waals surface area contributed by atoms with Gasteiger partial charge >= 0.3 is 0 Å². The number of aryl methyl sites for hydroxylation is 1. The minimum Gasteiger partial charge on any atom is -0.487 e. The first-order chi connectivity index (χ1) is 5.97. The Morgan fingerprint density at radius 2 is 1.85 bits per heavy atom. The van der Waals surface area contributed by atoms with Crippen molar-refractivity contribution in [2.45, 2.75) is 12.6 Å². The second-order valence-electron chi connectivity index (χ2n) is 2.86. The Bertz CT molecular complexity index is 266. The molecular formula is C9H11F2OP. The van der Waals surface area contributed by atoms with Crippen molar-refractivity contribution in [2.24, 2.45) is 0 Å². The van der Waals surface area contributed by atoms with Crippen LogP contribution in [-0.4, -0.2) is 12.3 Å². The summed E-state index contributed by atoms with van der Waals surface area (Å²) in [5, 5.41) is 0. The standard InChI is InChI=1S/C9H11F2OP/c1-7-2-4-8(5-3-7)12-6-9(10,11)13/h2-5H,6,13H2,1H3. The van der Waals surface area contributed by atoms with Gasteiger partial charge in [0.15, 0.2) is 6.61 Å². The van der Waals surface area contributed by atoms with E-state index in [1.165, 1.54) is 9.24 Å². The van der Waals surface area contributed by atoms with E-state index in [1.54, 1.807) is 12.1 Å². The smallest absolute Gasteiger partial charge is 0.291 e. The molecule has 1 unspecified atom stereocenters. The summed E-state index contributed by atoms with van der Waals surface area (Å²) in [6.45, 7) is 1.31. The van der Waals surface area contributed by atoms with Crippen LogP contribution in [0.25, 0.3) is 0 Å². The van der Waals surface area contributed by atoms with Gasteiger partial charge in [-0.25, -0.2) is 0 Å². The molecule has 0 aliphatic carbocycles. The molecule has 0 bridgehead atoms. The maximum Gasteiger partial charge on any atom is 0.291 e. The highest BCUT2D eigenvalue weighted by molar-refractivity contribution is 7.18. The summed E-state index contributed by atoms with van der Waals surface area (Å²) in [6.07, 6.45) is 0. The number of halogens is 2. The Morgan fingerprint density at radius 1 is 1.31 bits per heavy atom. The number of rotatable bonds is 3. The third-order valence-corrected chi connectivity index (χ3v) is 1.62. The Balaban J connectivity index is 2.51. The minimum absolute atomic E-state index is 0.465. The molecule has 0 N–H and O–H groups in total. The van der Waals surface area contributed by atoms with Crippen LogP contribution in [0.1, 0.15) is 5.56 Å². The SMILES string of the molecule is Cc1ccc(OCC(F)(F)P)cc1. The van der Waals surface area contributed by atoms with Crippen LogP contribution >= 0.6 is 9.24 Å². The van der Waals surface area contributed by atoms with Gasteiger partial charge in [-0.05, 0) is 19.1 Å². The van der Waals surface area contributed by atoms with Crippen LogP contribution < -0.4 is 4.74 Å². The van der Waals surface area contributed by atoms with Crippen LogP contribution in [0.15, 0.2) is 24.3 Å². The van der Waals surface area contributed by atoms with Gasteiger partial charge in [-0.1, -0.05) is 26.9 Å². The van der Waals surface area contributed by atoms with Crippen molar-refractivity contribution < 1.29 is 13.5 Å². The summed E-state index contributed by atoms with van der Waals surface area (Å²) in [7, 11) is 1.44. The van der Waals surface area contributed by atoms with Crippen molar-refractivity contribution in [2.75, 3.05) is 6.61 Å². The average Bonchev–Trinajstić information content (AvgIpc) is 2.02. The van der Waals surface area contributed by atoms with Gasteiger partial charge < -0.3 is 4.74 Å². The molecule has 0 amide bonds. The molecule has 72 valence electrons. The molecule has 0 heterocycles. The van der Waals surface area contributed by atoms with E-state index in [4.69, 9.17) is 4.74 Å². The lowest BCUT2D eigenvalue weighted by molar-refractivity contribution is 0.0462. The largest absolute Gasteiger partial charge is 0.487 e. The van der Waals surface area contributed by atoms with E-state index in [2.05, 4.69) is 0 Å². The maximum atomic E-state index is 12.3. The summed E-state index contributed by atoms with van der Waals surface area (Å²) in [5.41, 5.74) is -1.78. The predicted molar refractivity (Wildman–Crippen MR) is 51.3 cm³/mol. The van der Waals surface area contributed by atoms with Crippen molar-refractivity contribution in [1.82, 2.24) is 0 Å². The molecule has 0 aromatic heterocycles. The van der Waals surface area contributed by atoms with Crippen LogP contribution in [0.5, 0.6) is 5.75 Å². The van der Waals surface area contributed by atoms with Crippen molar-refractivity contribution >= 4 is 9.24 Å². The molecule has 0 spiro atoms. The highest BCUT2D eigenvalue weighted by Gasteiger charge is 2.21. The van der Waals surface area contributed by atoms with Crippen molar-refractivity contribution in [3.63, 3.8) is 0 Å². The highest BCUT2D eigenvalue weighted by Crippen LogP contribution is 2.23. The van der Waals surface area contributed by atoms with Crippen LogP contribution in [0.2, 0.25) is 0 Å². The molecule has 1 nitrogen and oxygen atoms in total. The predicted octanol–water partition coefficient (Wildman–Crippen LogP) is 2.84. The normalized spacial score (nSPS) is 11.4. The Hall–Kier alpha value is -0.690. The second kappa shape index (κ2) is 4.01. The second-order valence-corrected chi connectivity index (χ2v) is 3.71. The maximum absolute atomic E-state index is 12.3. The van der Waals surface area contributed by atoms with Crippen LogP contribution in [0.4, 0.5) is 8.78 Å². The van der Waals surface area contributed by atoms with E-state index in [0.29, 0.717) is 5.75 Å². The number of hydrogen-bond donors (Lipinski definition) is 0. The summed E-state index contributed by atoms with van der Waals surface area (Å²) < 4.78 is 29.5. The third-order valence-electron chi connectivity index (χ3n) is 1.45. The first-order valence-electron chi connectivity index (χ1n) is 3.83. The number of alkyl halides is 2. The Labute approximate surface area is 78.3 Å². The van der Waals surface area contributed by atoms with Gasteiger partial charge in [-0.15, -0.1) is 0 Å². The van der Waals surface area contributed by atoms with E-state index in [0.717, 1.165) is 5.56 Å². The fourth-order valence-corrected chi connectivity index (χ4v) is 0.897. The molecule has 0 aliphatic rings.